The number of aromatic amines is 1. The van der Waals surface area contributed by atoms with Crippen molar-refractivity contribution in [2.45, 2.75) is 0 Å². The largest absolute Gasteiger partial charge is 0.481 e. The summed E-state index contributed by atoms with van der Waals surface area (Å²) < 4.78 is 9.59. The molecule has 5 heteroatoms. The first-order valence-corrected chi connectivity index (χ1v) is 3.96. The highest BCUT2D eigenvalue weighted by atomic mass is 16.5. The molecule has 0 atom stereocenters. The summed E-state index contributed by atoms with van der Waals surface area (Å²) in [6.07, 6.45) is 0. The summed E-state index contributed by atoms with van der Waals surface area (Å²) in [5.74, 6) is -0.461. The number of rotatable bonds is 1. The number of fused-ring (bicyclic) bond motifs is 1. The molecule has 0 aliphatic rings. The third kappa shape index (κ3) is 1.28. The van der Waals surface area contributed by atoms with E-state index in [-0.39, 0.29) is 5.90 Å². The molecule has 5 nitrogen and oxygen atoms in total. The van der Waals surface area contributed by atoms with Gasteiger partial charge in [0.2, 0.25) is 5.90 Å². The lowest BCUT2D eigenvalue weighted by molar-refractivity contribution is 0.401. The first kappa shape index (κ1) is 8.55. The van der Waals surface area contributed by atoms with Crippen LogP contribution in [0.1, 0.15) is 5.56 Å². The average molecular weight is 192 g/mol. The molecule has 0 unspecified atom stereocenters. The minimum absolute atomic E-state index is 0.0377. The predicted molar refractivity (Wildman–Crippen MR) is 50.7 cm³/mol. The van der Waals surface area contributed by atoms with E-state index in [4.69, 9.17) is 14.6 Å². The highest BCUT2D eigenvalue weighted by molar-refractivity contribution is 5.94. The molecule has 2 N–H and O–H groups in total. The van der Waals surface area contributed by atoms with Gasteiger partial charge in [-0.05, 0) is 18.2 Å². The van der Waals surface area contributed by atoms with E-state index >= 15 is 0 Å². The van der Waals surface area contributed by atoms with Crippen LogP contribution in [0.4, 0.5) is 0 Å². The number of oxazole rings is 1. The van der Waals surface area contributed by atoms with Crippen LogP contribution in [0.5, 0.6) is 0 Å². The minimum atomic E-state index is -0.499. The first-order chi connectivity index (χ1) is 6.70. The minimum Gasteiger partial charge on any atom is -0.481 e. The van der Waals surface area contributed by atoms with Crippen molar-refractivity contribution in [2.24, 2.45) is 0 Å². The fraction of sp³-hybridized carbons (Fsp3) is 0.111. The molecule has 2 rings (SSSR count). The van der Waals surface area contributed by atoms with E-state index in [2.05, 4.69) is 4.98 Å². The Morgan fingerprint density at radius 1 is 1.57 bits per heavy atom. The number of benzene rings is 1. The molecule has 1 aromatic carbocycles. The van der Waals surface area contributed by atoms with Crippen molar-refractivity contribution in [1.29, 1.82) is 5.41 Å². The summed E-state index contributed by atoms with van der Waals surface area (Å²) in [6.45, 7) is 0. The molecule has 1 aromatic heterocycles. The molecule has 0 radical (unpaired) electrons. The average Bonchev–Trinajstić information content (AvgIpc) is 2.55. The van der Waals surface area contributed by atoms with Gasteiger partial charge in [-0.2, -0.15) is 0 Å². The summed E-state index contributed by atoms with van der Waals surface area (Å²) in [5, 5.41) is 7.41. The SMILES string of the molecule is COC(=N)c1ccc2[nH]c(=O)oc2c1. The lowest BCUT2D eigenvalue weighted by Gasteiger charge is -2.00. The van der Waals surface area contributed by atoms with Crippen molar-refractivity contribution in [2.75, 3.05) is 7.11 Å². The molecule has 0 amide bonds. The third-order valence-corrected chi connectivity index (χ3v) is 1.89. The van der Waals surface area contributed by atoms with E-state index in [9.17, 15) is 4.79 Å². The Morgan fingerprint density at radius 2 is 2.36 bits per heavy atom. The molecule has 0 aliphatic carbocycles. The van der Waals surface area contributed by atoms with Gasteiger partial charge in [-0.1, -0.05) is 0 Å². The lowest BCUT2D eigenvalue weighted by Crippen LogP contribution is -2.00. The van der Waals surface area contributed by atoms with Crippen molar-refractivity contribution in [1.82, 2.24) is 4.98 Å². The molecular weight excluding hydrogens is 184 g/mol. The van der Waals surface area contributed by atoms with Crippen LogP contribution in [-0.4, -0.2) is 18.0 Å². The van der Waals surface area contributed by atoms with Crippen LogP contribution in [0.2, 0.25) is 0 Å². The number of nitrogens with one attached hydrogen (secondary N) is 2. The molecule has 0 fully saturated rings. The molecule has 0 saturated heterocycles. The number of aromatic nitrogens is 1. The van der Waals surface area contributed by atoms with Crippen LogP contribution >= 0.6 is 0 Å². The maximum absolute atomic E-state index is 10.8. The molecular formula is C9H8N2O3. The zero-order chi connectivity index (χ0) is 10.1. The lowest BCUT2D eigenvalue weighted by atomic mass is 10.2. The molecule has 0 bridgehead atoms. The number of hydrogen-bond acceptors (Lipinski definition) is 4. The van der Waals surface area contributed by atoms with Crippen LogP contribution < -0.4 is 5.76 Å². The van der Waals surface area contributed by atoms with Gasteiger partial charge in [0.05, 0.1) is 12.6 Å². The van der Waals surface area contributed by atoms with E-state index in [0.717, 1.165) is 0 Å². The molecule has 0 spiro atoms. The molecule has 2 aromatic rings. The van der Waals surface area contributed by atoms with E-state index in [0.29, 0.717) is 16.7 Å². The molecule has 0 aliphatic heterocycles. The monoisotopic (exact) mass is 192 g/mol. The van der Waals surface area contributed by atoms with Gasteiger partial charge in [-0.15, -0.1) is 0 Å². The van der Waals surface area contributed by atoms with E-state index in [1.807, 2.05) is 0 Å². The summed E-state index contributed by atoms with van der Waals surface area (Å²) in [4.78, 5) is 13.3. The van der Waals surface area contributed by atoms with Crippen LogP contribution in [0.3, 0.4) is 0 Å². The van der Waals surface area contributed by atoms with Gasteiger partial charge < -0.3 is 9.15 Å². The Bertz CT molecular complexity index is 538. The van der Waals surface area contributed by atoms with Crippen molar-refractivity contribution in [3.8, 4) is 0 Å². The van der Waals surface area contributed by atoms with Gasteiger partial charge in [0, 0.05) is 5.56 Å². The Hall–Kier alpha value is -2.04. The summed E-state index contributed by atoms with van der Waals surface area (Å²) in [7, 11) is 1.42. The summed E-state index contributed by atoms with van der Waals surface area (Å²) >= 11 is 0. The highest BCUT2D eigenvalue weighted by Crippen LogP contribution is 2.12. The normalized spacial score (nSPS) is 10.4. The smallest absolute Gasteiger partial charge is 0.417 e. The van der Waals surface area contributed by atoms with Gasteiger partial charge in [0.1, 0.15) is 0 Å². The van der Waals surface area contributed by atoms with Crippen LogP contribution in [0, 0.1) is 5.41 Å². The second-order valence-electron chi connectivity index (χ2n) is 2.76. The van der Waals surface area contributed by atoms with Gasteiger partial charge in [-0.3, -0.25) is 10.4 Å². The van der Waals surface area contributed by atoms with Crippen molar-refractivity contribution in [3.63, 3.8) is 0 Å². The van der Waals surface area contributed by atoms with Gasteiger partial charge >= 0.3 is 5.76 Å². The fourth-order valence-electron chi connectivity index (χ4n) is 1.20. The van der Waals surface area contributed by atoms with Gasteiger partial charge in [0.15, 0.2) is 5.58 Å². The zero-order valence-electron chi connectivity index (χ0n) is 7.46. The van der Waals surface area contributed by atoms with E-state index in [1.54, 1.807) is 18.2 Å². The fourth-order valence-corrected chi connectivity index (χ4v) is 1.20. The summed E-state index contributed by atoms with van der Waals surface area (Å²) in [6, 6.07) is 4.93. The van der Waals surface area contributed by atoms with E-state index in [1.165, 1.54) is 7.11 Å². The zero-order valence-corrected chi connectivity index (χ0v) is 7.46. The second kappa shape index (κ2) is 3.02. The maximum Gasteiger partial charge on any atom is 0.417 e. The predicted octanol–water partition coefficient (Wildman–Crippen LogP) is 1.09. The highest BCUT2D eigenvalue weighted by Gasteiger charge is 2.05. The van der Waals surface area contributed by atoms with Gasteiger partial charge in [0.25, 0.3) is 0 Å². The topological polar surface area (TPSA) is 79.1 Å². The number of methoxy groups -OCH3 is 1. The van der Waals surface area contributed by atoms with Crippen molar-refractivity contribution < 1.29 is 9.15 Å². The van der Waals surface area contributed by atoms with Gasteiger partial charge in [-0.25, -0.2) is 4.79 Å². The molecule has 0 saturated carbocycles. The molecule has 1 heterocycles. The molecule has 14 heavy (non-hydrogen) atoms. The Balaban J connectivity index is 2.61. The third-order valence-electron chi connectivity index (χ3n) is 1.89. The van der Waals surface area contributed by atoms with Crippen LogP contribution in [0.25, 0.3) is 11.1 Å². The molecule has 72 valence electrons. The second-order valence-corrected chi connectivity index (χ2v) is 2.76. The first-order valence-electron chi connectivity index (χ1n) is 3.96. The van der Waals surface area contributed by atoms with E-state index < -0.39 is 5.76 Å². The summed E-state index contributed by atoms with van der Waals surface area (Å²) in [5.41, 5.74) is 1.61. The quantitative estimate of drug-likeness (QED) is 0.524. The maximum atomic E-state index is 10.8. The standard InChI is InChI=1S/C9H8N2O3/c1-13-8(10)5-2-3-6-7(4-5)14-9(12)11-6/h2-4,10H,1H3,(H,11,12). The van der Waals surface area contributed by atoms with Crippen LogP contribution in [-0.2, 0) is 4.74 Å². The Labute approximate surface area is 78.8 Å². The number of hydrogen-bond donors (Lipinski definition) is 2. The number of H-pyrrole nitrogens is 1. The Kier molecular flexibility index (Phi) is 1.85. The van der Waals surface area contributed by atoms with Crippen molar-refractivity contribution in [3.05, 3.63) is 34.3 Å². The van der Waals surface area contributed by atoms with Crippen LogP contribution in [0.15, 0.2) is 27.4 Å². The van der Waals surface area contributed by atoms with Crippen molar-refractivity contribution >= 4 is 17.0 Å². The number of ether oxygens (including phenoxy) is 1. The Morgan fingerprint density at radius 3 is 3.07 bits per heavy atom.